The van der Waals surface area contributed by atoms with E-state index in [9.17, 15) is 9.90 Å². The van der Waals surface area contributed by atoms with Crippen LogP contribution >= 0.6 is 11.3 Å². The SMILES string of the molecule is CN(CC(=O)N[C@@H]1CCN(Cc2cscn2)C[C@H]1O)Cc1ccccc1. The molecular formula is C19H26N4O2S. The number of carbonyl (C=O) groups is 1. The summed E-state index contributed by atoms with van der Waals surface area (Å²) in [5, 5.41) is 15.4. The molecule has 3 rings (SSSR count). The highest BCUT2D eigenvalue weighted by Gasteiger charge is 2.29. The Hall–Kier alpha value is -1.80. The van der Waals surface area contributed by atoms with Gasteiger partial charge in [-0.3, -0.25) is 14.6 Å². The second kappa shape index (κ2) is 9.23. The first-order chi connectivity index (χ1) is 12.6. The number of rotatable bonds is 7. The fraction of sp³-hybridized carbons (Fsp3) is 0.474. The van der Waals surface area contributed by atoms with E-state index < -0.39 is 6.10 Å². The van der Waals surface area contributed by atoms with E-state index in [0.29, 0.717) is 13.1 Å². The van der Waals surface area contributed by atoms with Gasteiger partial charge in [0.2, 0.25) is 5.91 Å². The Morgan fingerprint density at radius 3 is 2.92 bits per heavy atom. The van der Waals surface area contributed by atoms with Gasteiger partial charge in [0.25, 0.3) is 0 Å². The molecule has 26 heavy (non-hydrogen) atoms. The predicted octanol–water partition coefficient (Wildman–Crippen LogP) is 1.33. The van der Waals surface area contributed by atoms with Crippen molar-refractivity contribution in [3.05, 3.63) is 52.5 Å². The molecule has 1 aromatic carbocycles. The Morgan fingerprint density at radius 1 is 1.42 bits per heavy atom. The second-order valence-electron chi connectivity index (χ2n) is 6.90. The van der Waals surface area contributed by atoms with Gasteiger partial charge in [0.05, 0.1) is 29.9 Å². The fourth-order valence-electron chi connectivity index (χ4n) is 3.30. The number of aliphatic hydroxyl groups excluding tert-OH is 1. The number of aromatic nitrogens is 1. The predicted molar refractivity (Wildman–Crippen MR) is 103 cm³/mol. The second-order valence-corrected chi connectivity index (χ2v) is 7.62. The molecule has 1 amide bonds. The number of aliphatic hydroxyl groups is 1. The van der Waals surface area contributed by atoms with Crippen molar-refractivity contribution < 1.29 is 9.90 Å². The highest BCUT2D eigenvalue weighted by Crippen LogP contribution is 2.15. The summed E-state index contributed by atoms with van der Waals surface area (Å²) in [6, 6.07) is 9.90. The molecule has 0 saturated carbocycles. The van der Waals surface area contributed by atoms with E-state index in [1.54, 1.807) is 11.3 Å². The highest BCUT2D eigenvalue weighted by molar-refractivity contribution is 7.07. The van der Waals surface area contributed by atoms with Gasteiger partial charge in [-0.1, -0.05) is 30.3 Å². The van der Waals surface area contributed by atoms with Crippen LogP contribution in [0.5, 0.6) is 0 Å². The molecule has 0 radical (unpaired) electrons. The van der Waals surface area contributed by atoms with Crippen LogP contribution < -0.4 is 5.32 Å². The average molecular weight is 375 g/mol. The number of thiazole rings is 1. The van der Waals surface area contributed by atoms with E-state index >= 15 is 0 Å². The number of amides is 1. The zero-order valence-electron chi connectivity index (χ0n) is 15.0. The van der Waals surface area contributed by atoms with E-state index in [4.69, 9.17) is 0 Å². The van der Waals surface area contributed by atoms with Crippen LogP contribution in [-0.4, -0.2) is 64.6 Å². The molecule has 0 unspecified atom stereocenters. The first-order valence-corrected chi connectivity index (χ1v) is 9.84. The molecule has 1 aliphatic rings. The van der Waals surface area contributed by atoms with Crippen molar-refractivity contribution in [1.82, 2.24) is 20.1 Å². The smallest absolute Gasteiger partial charge is 0.234 e. The van der Waals surface area contributed by atoms with E-state index in [0.717, 1.165) is 31.7 Å². The lowest BCUT2D eigenvalue weighted by atomic mass is 10.0. The number of nitrogens with zero attached hydrogens (tertiary/aromatic N) is 3. The third kappa shape index (κ3) is 5.60. The Labute approximate surface area is 158 Å². The molecule has 1 fully saturated rings. The number of β-amino-alcohol motifs (C(OH)–C–C–N with tert-alkyl or cyclic N) is 1. The van der Waals surface area contributed by atoms with Crippen LogP contribution in [-0.2, 0) is 17.9 Å². The van der Waals surface area contributed by atoms with Crippen LogP contribution in [0.2, 0.25) is 0 Å². The molecule has 0 aliphatic carbocycles. The quantitative estimate of drug-likeness (QED) is 0.765. The number of hydrogen-bond donors (Lipinski definition) is 2. The van der Waals surface area contributed by atoms with Crippen LogP contribution in [0.15, 0.2) is 41.2 Å². The van der Waals surface area contributed by atoms with E-state index in [1.807, 2.05) is 41.0 Å². The Kier molecular flexibility index (Phi) is 6.73. The van der Waals surface area contributed by atoms with Gasteiger partial charge in [0.1, 0.15) is 0 Å². The molecular weight excluding hydrogens is 348 g/mol. The number of piperidine rings is 1. The number of benzene rings is 1. The van der Waals surface area contributed by atoms with Crippen LogP contribution in [0, 0.1) is 0 Å². The zero-order chi connectivity index (χ0) is 18.4. The van der Waals surface area contributed by atoms with Gasteiger partial charge < -0.3 is 10.4 Å². The molecule has 6 nitrogen and oxygen atoms in total. The van der Waals surface area contributed by atoms with Crippen molar-refractivity contribution >= 4 is 17.2 Å². The summed E-state index contributed by atoms with van der Waals surface area (Å²) in [5.74, 6) is -0.0413. The zero-order valence-corrected chi connectivity index (χ0v) is 15.9. The molecule has 2 N–H and O–H groups in total. The number of hydrogen-bond acceptors (Lipinski definition) is 6. The lowest BCUT2D eigenvalue weighted by Crippen LogP contribution is -2.55. The third-order valence-electron chi connectivity index (χ3n) is 4.59. The van der Waals surface area contributed by atoms with Crippen molar-refractivity contribution in [3.63, 3.8) is 0 Å². The Balaban J connectivity index is 1.41. The average Bonchev–Trinajstić information content (AvgIpc) is 3.11. The summed E-state index contributed by atoms with van der Waals surface area (Å²) >= 11 is 1.58. The normalized spacial score (nSPS) is 21.0. The van der Waals surface area contributed by atoms with Crippen LogP contribution in [0.1, 0.15) is 17.7 Å². The Morgan fingerprint density at radius 2 is 2.23 bits per heavy atom. The van der Waals surface area contributed by atoms with Gasteiger partial charge in [-0.2, -0.15) is 0 Å². The minimum absolute atomic E-state index is 0.0413. The molecule has 0 bridgehead atoms. The molecule has 140 valence electrons. The van der Waals surface area contributed by atoms with Gasteiger partial charge in [0.15, 0.2) is 0 Å². The maximum atomic E-state index is 12.3. The largest absolute Gasteiger partial charge is 0.390 e. The molecule has 1 saturated heterocycles. The first-order valence-electron chi connectivity index (χ1n) is 8.89. The van der Waals surface area contributed by atoms with Gasteiger partial charge in [0, 0.05) is 31.6 Å². The molecule has 1 aliphatic heterocycles. The van der Waals surface area contributed by atoms with Gasteiger partial charge >= 0.3 is 0 Å². The first kappa shape index (κ1) is 19.0. The maximum absolute atomic E-state index is 12.3. The van der Waals surface area contributed by atoms with Crippen molar-refractivity contribution in [2.24, 2.45) is 0 Å². The number of likely N-dealkylation sites (tertiary alicyclic amines) is 1. The van der Waals surface area contributed by atoms with Crippen LogP contribution in [0.3, 0.4) is 0 Å². The fourth-order valence-corrected chi connectivity index (χ4v) is 3.85. The van der Waals surface area contributed by atoms with Gasteiger partial charge in [-0.25, -0.2) is 4.98 Å². The number of likely N-dealkylation sites (N-methyl/N-ethyl adjacent to an activating group) is 1. The molecule has 2 aromatic rings. The maximum Gasteiger partial charge on any atom is 0.234 e. The topological polar surface area (TPSA) is 68.7 Å². The minimum Gasteiger partial charge on any atom is -0.390 e. The Bertz CT molecular complexity index is 680. The van der Waals surface area contributed by atoms with E-state index in [2.05, 4.69) is 27.3 Å². The van der Waals surface area contributed by atoms with E-state index in [-0.39, 0.29) is 11.9 Å². The molecule has 2 atom stereocenters. The summed E-state index contributed by atoms with van der Waals surface area (Å²) in [5.41, 5.74) is 4.04. The van der Waals surface area contributed by atoms with Crippen molar-refractivity contribution in [2.75, 3.05) is 26.7 Å². The van der Waals surface area contributed by atoms with Crippen LogP contribution in [0.4, 0.5) is 0 Å². The summed E-state index contributed by atoms with van der Waals surface area (Å²) in [4.78, 5) is 20.8. The van der Waals surface area contributed by atoms with Crippen molar-refractivity contribution in [3.8, 4) is 0 Å². The standard InChI is InChI=1S/C19H26N4O2S/c1-22(9-15-5-3-2-4-6-15)12-19(25)21-17-7-8-23(11-18(17)24)10-16-13-26-14-20-16/h2-6,13-14,17-18,24H,7-12H2,1H3,(H,21,25)/t17-,18-/m1/s1. The summed E-state index contributed by atoms with van der Waals surface area (Å²) in [6.45, 7) is 3.20. The van der Waals surface area contributed by atoms with Gasteiger partial charge in [-0.15, -0.1) is 11.3 Å². The minimum atomic E-state index is -0.550. The van der Waals surface area contributed by atoms with Gasteiger partial charge in [-0.05, 0) is 19.0 Å². The highest BCUT2D eigenvalue weighted by atomic mass is 32.1. The number of nitrogens with one attached hydrogen (secondary N) is 1. The molecule has 1 aromatic heterocycles. The van der Waals surface area contributed by atoms with Crippen molar-refractivity contribution in [2.45, 2.75) is 31.7 Å². The summed E-state index contributed by atoms with van der Waals surface area (Å²) < 4.78 is 0. The van der Waals surface area contributed by atoms with Crippen LogP contribution in [0.25, 0.3) is 0 Å². The summed E-state index contributed by atoms with van der Waals surface area (Å²) in [7, 11) is 1.93. The molecule has 2 heterocycles. The lowest BCUT2D eigenvalue weighted by molar-refractivity contribution is -0.124. The molecule has 7 heteroatoms. The summed E-state index contributed by atoms with van der Waals surface area (Å²) in [6.07, 6.45) is 0.199. The third-order valence-corrected chi connectivity index (χ3v) is 5.23. The van der Waals surface area contributed by atoms with Crippen molar-refractivity contribution in [1.29, 1.82) is 0 Å². The molecule has 0 spiro atoms. The number of carbonyl (C=O) groups excluding carboxylic acids is 1. The monoisotopic (exact) mass is 374 g/mol. The lowest BCUT2D eigenvalue weighted by Gasteiger charge is -2.36. The van der Waals surface area contributed by atoms with E-state index in [1.165, 1.54) is 5.56 Å².